The Labute approximate surface area is 522 Å². The average molecular weight is 1290 g/mol. The van der Waals surface area contributed by atoms with Crippen LogP contribution < -0.4 is 76.5 Å². The van der Waals surface area contributed by atoms with E-state index < -0.39 is 194 Å². The molecule has 0 spiro atoms. The van der Waals surface area contributed by atoms with E-state index in [1.54, 1.807) is 31.2 Å². The number of carbonyl (C=O) groups excluding carboxylic acids is 11. The highest BCUT2D eigenvalue weighted by molar-refractivity contribution is 6.01. The fourth-order valence-corrected chi connectivity index (χ4v) is 8.95. The van der Waals surface area contributed by atoms with Gasteiger partial charge in [0.2, 0.25) is 65.0 Å². The first kappa shape index (κ1) is 73.4. The van der Waals surface area contributed by atoms with Gasteiger partial charge in [-0.3, -0.25) is 67.3 Å². The minimum absolute atomic E-state index is 0.0146. The van der Waals surface area contributed by atoms with Crippen molar-refractivity contribution in [2.75, 3.05) is 13.2 Å². The first-order valence-corrected chi connectivity index (χ1v) is 28.4. The second kappa shape index (κ2) is 35.8. The van der Waals surface area contributed by atoms with Gasteiger partial charge >= 0.3 is 17.9 Å². The predicted octanol–water partition coefficient (Wildman–Crippen LogP) is -7.79. The number of primary amides is 2. The number of H-pyrrole nitrogens is 3. The van der Waals surface area contributed by atoms with E-state index in [-0.39, 0.29) is 43.9 Å². The number of aliphatic hydroxyl groups excluding tert-OH is 1. The summed E-state index contributed by atoms with van der Waals surface area (Å²) in [6.07, 6.45) is 1.43. The van der Waals surface area contributed by atoms with Gasteiger partial charge in [-0.05, 0) is 30.4 Å². The Morgan fingerprint density at radius 3 is 1.45 bits per heavy atom. The highest BCUT2D eigenvalue weighted by atomic mass is 16.4. The van der Waals surface area contributed by atoms with E-state index >= 15 is 0 Å². The number of benzene rings is 1. The number of aromatic amines is 3. The van der Waals surface area contributed by atoms with Crippen LogP contribution >= 0.6 is 0 Å². The van der Waals surface area contributed by atoms with Crippen LogP contribution in [0.5, 0.6) is 0 Å². The lowest BCUT2D eigenvalue weighted by Crippen LogP contribution is -2.62. The number of aromatic nitrogens is 5. The van der Waals surface area contributed by atoms with Gasteiger partial charge in [0.15, 0.2) is 5.96 Å². The van der Waals surface area contributed by atoms with Crippen molar-refractivity contribution in [3.05, 3.63) is 72.5 Å². The van der Waals surface area contributed by atoms with Crippen molar-refractivity contribution in [2.45, 2.75) is 138 Å². The van der Waals surface area contributed by atoms with E-state index in [1.807, 2.05) is 0 Å². The standard InChI is InChI=1S/C54H76N20O18/c1-3-24(2)43(52(90)72-35(15-40(57)77)47(85)66-31(53(91)92)9-6-10-62-54(58)59)74-50(88)37(17-42(80)81)71-46(84)33(13-27-20-61-23-65-27)69-49(87)36(16-41(78)79)70-45(83)32(11-25-18-63-30-8-5-4-7-28(25)30)68-51(89)38(21-75)73-48(86)34(14-39(56)76)67-44(82)29(55)12-26-19-60-22-64-26/h4-5,7-8,18-20,22-24,29,31-38,43,63,75H,3,6,9-17,21,55H2,1-2H3,(H2,56,76)(H2,57,77)(H,60,64)(H,61,65)(H,66,85)(H,67,82)(H,68,89)(H,69,87)(H,70,83)(H,71,84)(H,72,90)(H,73,86)(H,74,88)(H,78,79)(H,80,81)(H,91,92)(H4,58,59,62)/t24-,29-,31-,32-,33-,34-,35-,36-,37-,38-,43-/m0/s1. The van der Waals surface area contributed by atoms with E-state index in [4.69, 9.17) is 28.7 Å². The van der Waals surface area contributed by atoms with E-state index in [2.05, 4.69) is 77.8 Å². The molecule has 38 heteroatoms. The van der Waals surface area contributed by atoms with Crippen LogP contribution in [0.2, 0.25) is 0 Å². The average Bonchev–Trinajstić information content (AvgIpc) is 1.64. The predicted molar refractivity (Wildman–Crippen MR) is 318 cm³/mol. The molecule has 92 heavy (non-hydrogen) atoms. The van der Waals surface area contributed by atoms with Gasteiger partial charge < -0.3 is 112 Å². The number of guanidine groups is 1. The molecule has 11 atom stereocenters. The second-order valence-electron chi connectivity index (χ2n) is 21.1. The molecule has 3 aromatic heterocycles. The molecule has 0 radical (unpaired) electrons. The van der Waals surface area contributed by atoms with Gasteiger partial charge in [-0.15, -0.1) is 0 Å². The minimum Gasteiger partial charge on any atom is -0.481 e. The quantitative estimate of drug-likeness (QED) is 0.0112. The zero-order valence-electron chi connectivity index (χ0n) is 49.8. The van der Waals surface area contributed by atoms with Crippen molar-refractivity contribution in [3.8, 4) is 0 Å². The summed E-state index contributed by atoms with van der Waals surface area (Å²) in [6.45, 7) is 1.87. The highest BCUT2D eigenvalue weighted by Crippen LogP contribution is 2.20. The Bertz CT molecular complexity index is 3300. The summed E-state index contributed by atoms with van der Waals surface area (Å²) in [7, 11) is 0. The number of fused-ring (bicyclic) bond motifs is 1. The summed E-state index contributed by atoms with van der Waals surface area (Å²) in [6, 6.07) is -11.3. The number of imidazole rings is 2. The van der Waals surface area contributed by atoms with Crippen molar-refractivity contribution < 1.29 is 87.5 Å². The molecule has 500 valence electrons. The molecular weight excluding hydrogens is 1220 g/mol. The molecule has 38 nitrogen and oxygen atoms in total. The molecule has 0 unspecified atom stereocenters. The molecule has 4 aromatic rings. The highest BCUT2D eigenvalue weighted by Gasteiger charge is 2.38. The van der Waals surface area contributed by atoms with E-state index in [9.17, 15) is 87.5 Å². The van der Waals surface area contributed by atoms with Crippen LogP contribution in [0.4, 0.5) is 0 Å². The fraction of sp³-hybridized carbons (Fsp3) is 0.463. The number of hydrogen-bond donors (Lipinski definition) is 21. The molecule has 3 heterocycles. The largest absolute Gasteiger partial charge is 0.481 e. The maximum Gasteiger partial charge on any atom is 0.326 e. The van der Waals surface area contributed by atoms with Crippen LogP contribution in [-0.4, -0.2) is 208 Å². The molecule has 0 aliphatic heterocycles. The zero-order valence-corrected chi connectivity index (χ0v) is 49.8. The maximum atomic E-state index is 14.5. The summed E-state index contributed by atoms with van der Waals surface area (Å²) < 4.78 is 0. The molecular formula is C54H76N20O18. The molecule has 0 aliphatic carbocycles. The molecule has 0 aliphatic rings. The third-order valence-electron chi connectivity index (χ3n) is 13.9. The smallest absolute Gasteiger partial charge is 0.326 e. The molecule has 0 fully saturated rings. The lowest BCUT2D eigenvalue weighted by molar-refractivity contribution is -0.143. The summed E-state index contributed by atoms with van der Waals surface area (Å²) >= 11 is 0. The number of aliphatic carboxylic acids is 3. The Morgan fingerprint density at radius 2 is 0.967 bits per heavy atom. The van der Waals surface area contributed by atoms with E-state index in [1.165, 1.54) is 38.2 Å². The summed E-state index contributed by atoms with van der Waals surface area (Å²) in [5.74, 6) is -19.2. The number of para-hydroxylation sites is 1. The molecule has 4 rings (SSSR count). The minimum atomic E-state index is -2.12. The summed E-state index contributed by atoms with van der Waals surface area (Å²) in [4.78, 5) is 206. The normalized spacial score (nSPS) is 14.6. The molecule has 0 saturated carbocycles. The first-order valence-electron chi connectivity index (χ1n) is 28.4. The second-order valence-corrected chi connectivity index (χ2v) is 21.1. The van der Waals surface area contributed by atoms with Crippen molar-refractivity contribution in [1.29, 1.82) is 0 Å². The topological polar surface area (TPSA) is 644 Å². The van der Waals surface area contributed by atoms with Crippen molar-refractivity contribution in [3.63, 3.8) is 0 Å². The molecule has 11 amide bonds. The maximum absolute atomic E-state index is 14.5. The Balaban J connectivity index is 1.61. The van der Waals surface area contributed by atoms with Gasteiger partial charge in [0, 0.05) is 66.7 Å². The van der Waals surface area contributed by atoms with E-state index in [0.717, 1.165) is 0 Å². The van der Waals surface area contributed by atoms with Crippen LogP contribution in [0.1, 0.15) is 75.7 Å². The van der Waals surface area contributed by atoms with Crippen LogP contribution in [0, 0.1) is 5.92 Å². The number of nitrogens with two attached hydrogens (primary N) is 5. The number of aliphatic imine (C=N–C) groups is 1. The van der Waals surface area contributed by atoms with Gasteiger partial charge in [0.05, 0.1) is 51.0 Å². The van der Waals surface area contributed by atoms with Crippen LogP contribution in [0.25, 0.3) is 10.9 Å². The Hall–Kier alpha value is -11.0. The molecule has 0 bridgehead atoms. The van der Waals surface area contributed by atoms with Crippen molar-refractivity contribution in [2.24, 2.45) is 39.6 Å². The number of hydrogen-bond acceptors (Lipinski definition) is 19. The monoisotopic (exact) mass is 1290 g/mol. The Kier molecular flexibility index (Phi) is 28.6. The van der Waals surface area contributed by atoms with Crippen molar-refractivity contribution >= 4 is 99.7 Å². The lowest BCUT2D eigenvalue weighted by atomic mass is 9.97. The van der Waals surface area contributed by atoms with Crippen molar-refractivity contribution in [1.82, 2.24) is 72.8 Å². The van der Waals surface area contributed by atoms with Crippen LogP contribution in [0.3, 0.4) is 0 Å². The fourth-order valence-electron chi connectivity index (χ4n) is 8.95. The number of rotatable bonds is 40. The molecule has 1 aromatic carbocycles. The summed E-state index contributed by atoms with van der Waals surface area (Å²) in [5.41, 5.74) is 28.8. The molecule has 26 N–H and O–H groups in total. The Morgan fingerprint density at radius 1 is 0.533 bits per heavy atom. The number of nitrogens with one attached hydrogen (secondary N) is 12. The zero-order chi connectivity index (χ0) is 68.4. The van der Waals surface area contributed by atoms with Crippen LogP contribution in [0.15, 0.2) is 60.5 Å². The number of carboxylic acids is 3. The van der Waals surface area contributed by atoms with Gasteiger partial charge in [-0.25, -0.2) is 14.8 Å². The number of aliphatic hydroxyl groups is 1. The number of amides is 11. The first-order chi connectivity index (χ1) is 43.5. The van der Waals surface area contributed by atoms with E-state index in [0.29, 0.717) is 22.2 Å². The number of carboxylic acid groups (broad SMARTS) is 3. The van der Waals surface area contributed by atoms with Gasteiger partial charge in [0.1, 0.15) is 54.4 Å². The van der Waals surface area contributed by atoms with Gasteiger partial charge in [-0.1, -0.05) is 38.5 Å². The summed E-state index contributed by atoms with van der Waals surface area (Å²) in [5, 5.41) is 61.1. The number of carbonyl (C=O) groups is 14. The third kappa shape index (κ3) is 23.8. The lowest BCUT2D eigenvalue weighted by Gasteiger charge is -2.29. The van der Waals surface area contributed by atoms with Gasteiger partial charge in [0.25, 0.3) is 0 Å². The number of nitrogens with zero attached hydrogens (tertiary/aromatic N) is 3. The van der Waals surface area contributed by atoms with Gasteiger partial charge in [-0.2, -0.15) is 0 Å². The van der Waals surface area contributed by atoms with Crippen LogP contribution in [-0.2, 0) is 86.4 Å². The molecule has 0 saturated heterocycles. The SMILES string of the molecule is CC[C@H](C)[C@H](NC(=O)[C@H](CC(=O)O)NC(=O)[C@H](Cc1cnc[nH]1)NC(=O)[C@H](CC(=O)O)NC(=O)[C@H](Cc1c[nH]c2ccccc12)NC(=O)[C@H](CO)NC(=O)[C@H](CC(N)=O)NC(=O)[C@@H](N)Cc1cnc[nH]1)C(=O)N[C@@H](CC(N)=O)C(=O)N[C@@H](CCCN=C(N)N)C(=O)O. The third-order valence-corrected chi connectivity index (χ3v) is 13.9.